The Morgan fingerprint density at radius 1 is 1.11 bits per heavy atom. The van der Waals surface area contributed by atoms with Crippen molar-refractivity contribution in [1.82, 2.24) is 10.2 Å². The number of benzene rings is 2. The zero-order chi connectivity index (χ0) is 19.9. The van der Waals surface area contributed by atoms with E-state index in [1.165, 1.54) is 24.0 Å². The first-order valence-corrected chi connectivity index (χ1v) is 10.3. The van der Waals surface area contributed by atoms with Gasteiger partial charge in [-0.1, -0.05) is 48.9 Å². The Morgan fingerprint density at radius 2 is 1.75 bits per heavy atom. The molecule has 1 atom stereocenters. The minimum Gasteiger partial charge on any atom is -0.497 e. The summed E-state index contributed by atoms with van der Waals surface area (Å²) in [6.07, 6.45) is 2.84. The van der Waals surface area contributed by atoms with Gasteiger partial charge >= 0.3 is 0 Å². The fourth-order valence-electron chi connectivity index (χ4n) is 3.79. The predicted molar refractivity (Wildman–Crippen MR) is 114 cm³/mol. The monoisotopic (exact) mass is 380 g/mol. The number of methoxy groups -OCH3 is 1. The van der Waals surface area contributed by atoms with Gasteiger partial charge in [-0.25, -0.2) is 0 Å². The van der Waals surface area contributed by atoms with Gasteiger partial charge in [-0.15, -0.1) is 0 Å². The third-order valence-electron chi connectivity index (χ3n) is 5.74. The molecular formula is C24H32N2O2. The lowest BCUT2D eigenvalue weighted by molar-refractivity contribution is -0.120. The van der Waals surface area contributed by atoms with Gasteiger partial charge in [-0.3, -0.25) is 9.69 Å². The molecule has 0 spiro atoms. The minimum absolute atomic E-state index is 0.0626. The summed E-state index contributed by atoms with van der Waals surface area (Å²) in [4.78, 5) is 15.1. The predicted octanol–water partition coefficient (Wildman–Crippen LogP) is 4.14. The van der Waals surface area contributed by atoms with E-state index in [1.807, 2.05) is 24.3 Å². The first kappa shape index (κ1) is 20.4. The van der Waals surface area contributed by atoms with Crippen molar-refractivity contribution in [1.29, 1.82) is 0 Å². The number of ether oxygens (including phenoxy) is 1. The van der Waals surface area contributed by atoms with Crippen molar-refractivity contribution >= 4 is 5.91 Å². The summed E-state index contributed by atoms with van der Waals surface area (Å²) in [5.41, 5.74) is 3.54. The van der Waals surface area contributed by atoms with Crippen LogP contribution in [0.25, 0.3) is 0 Å². The number of hydrogen-bond donors (Lipinski definition) is 1. The standard InChI is InChI=1S/C24H32N2O2/c1-18-4-8-21(9-5-18)23(26-14-12-19(2)13-15-26)17-25-24(27)16-20-6-10-22(28-3)11-7-20/h4-11,19,23H,12-17H2,1-3H3,(H,25,27). The van der Waals surface area contributed by atoms with Crippen LogP contribution in [0.2, 0.25) is 0 Å². The molecule has 2 aromatic rings. The second kappa shape index (κ2) is 9.74. The number of likely N-dealkylation sites (tertiary alicyclic amines) is 1. The number of amides is 1. The van der Waals surface area contributed by atoms with E-state index in [1.54, 1.807) is 7.11 Å². The van der Waals surface area contributed by atoms with Crippen LogP contribution in [-0.2, 0) is 11.2 Å². The molecule has 150 valence electrons. The molecule has 0 saturated carbocycles. The van der Waals surface area contributed by atoms with Crippen molar-refractivity contribution < 1.29 is 9.53 Å². The van der Waals surface area contributed by atoms with Gasteiger partial charge in [0.2, 0.25) is 5.91 Å². The lowest BCUT2D eigenvalue weighted by Crippen LogP contribution is -2.42. The van der Waals surface area contributed by atoms with E-state index < -0.39 is 0 Å². The summed E-state index contributed by atoms with van der Waals surface area (Å²) in [6.45, 7) is 7.27. The van der Waals surface area contributed by atoms with Gasteiger partial charge in [0.1, 0.15) is 5.75 Å². The number of hydrogen-bond acceptors (Lipinski definition) is 3. The van der Waals surface area contributed by atoms with Crippen LogP contribution in [0.5, 0.6) is 5.75 Å². The fourth-order valence-corrected chi connectivity index (χ4v) is 3.79. The Morgan fingerprint density at radius 3 is 2.36 bits per heavy atom. The summed E-state index contributed by atoms with van der Waals surface area (Å²) < 4.78 is 5.18. The molecule has 1 unspecified atom stereocenters. The number of nitrogens with one attached hydrogen (secondary N) is 1. The highest BCUT2D eigenvalue weighted by Crippen LogP contribution is 2.26. The molecule has 3 rings (SSSR count). The highest BCUT2D eigenvalue weighted by molar-refractivity contribution is 5.78. The van der Waals surface area contributed by atoms with Crippen molar-refractivity contribution in [2.24, 2.45) is 5.92 Å². The average Bonchev–Trinajstić information content (AvgIpc) is 2.71. The average molecular weight is 381 g/mol. The van der Waals surface area contributed by atoms with Gasteiger partial charge in [-0.05, 0) is 62.0 Å². The van der Waals surface area contributed by atoms with E-state index in [-0.39, 0.29) is 11.9 Å². The Balaban J connectivity index is 1.63. The normalized spacial score (nSPS) is 16.5. The molecule has 4 nitrogen and oxygen atoms in total. The Labute approximate surface area is 168 Å². The third-order valence-corrected chi connectivity index (χ3v) is 5.74. The maximum Gasteiger partial charge on any atom is 0.224 e. The first-order valence-electron chi connectivity index (χ1n) is 10.3. The summed E-state index contributed by atoms with van der Waals surface area (Å²) in [5.74, 6) is 1.66. The van der Waals surface area contributed by atoms with Crippen molar-refractivity contribution in [2.75, 3.05) is 26.7 Å². The number of carbonyl (C=O) groups excluding carboxylic acids is 1. The quantitative estimate of drug-likeness (QED) is 0.785. The molecule has 2 aromatic carbocycles. The van der Waals surface area contributed by atoms with Crippen LogP contribution in [0.3, 0.4) is 0 Å². The number of rotatable bonds is 7. The minimum atomic E-state index is 0.0626. The van der Waals surface area contributed by atoms with Gasteiger partial charge in [0.05, 0.1) is 19.6 Å². The molecule has 1 N–H and O–H groups in total. The van der Waals surface area contributed by atoms with Gasteiger partial charge in [0.25, 0.3) is 0 Å². The molecule has 0 bridgehead atoms. The second-order valence-corrected chi connectivity index (χ2v) is 7.97. The highest BCUT2D eigenvalue weighted by Gasteiger charge is 2.25. The first-order chi connectivity index (χ1) is 13.5. The van der Waals surface area contributed by atoms with Gasteiger partial charge in [0.15, 0.2) is 0 Å². The summed E-state index contributed by atoms with van der Waals surface area (Å²) in [5, 5.41) is 3.17. The van der Waals surface area contributed by atoms with Crippen LogP contribution in [0.4, 0.5) is 0 Å². The van der Waals surface area contributed by atoms with Crippen LogP contribution in [0.15, 0.2) is 48.5 Å². The Bertz CT molecular complexity index is 747. The Kier molecular flexibility index (Phi) is 7.10. The van der Waals surface area contributed by atoms with Crippen LogP contribution in [-0.4, -0.2) is 37.6 Å². The maximum atomic E-state index is 12.5. The van der Waals surface area contributed by atoms with Gasteiger partial charge in [-0.2, -0.15) is 0 Å². The number of aryl methyl sites for hydroxylation is 1. The summed E-state index contributed by atoms with van der Waals surface area (Å²) in [6, 6.07) is 16.6. The summed E-state index contributed by atoms with van der Waals surface area (Å²) in [7, 11) is 1.65. The van der Waals surface area contributed by atoms with Crippen molar-refractivity contribution in [2.45, 2.75) is 39.2 Å². The van der Waals surface area contributed by atoms with Crippen molar-refractivity contribution in [3.63, 3.8) is 0 Å². The Hall–Kier alpha value is -2.33. The van der Waals surface area contributed by atoms with Crippen LogP contribution in [0.1, 0.15) is 42.5 Å². The number of nitrogens with zero attached hydrogens (tertiary/aromatic N) is 1. The molecule has 4 heteroatoms. The molecule has 1 heterocycles. The van der Waals surface area contributed by atoms with Gasteiger partial charge < -0.3 is 10.1 Å². The zero-order valence-electron chi connectivity index (χ0n) is 17.3. The van der Waals surface area contributed by atoms with Crippen molar-refractivity contribution in [3.05, 3.63) is 65.2 Å². The molecule has 0 radical (unpaired) electrons. The highest BCUT2D eigenvalue weighted by atomic mass is 16.5. The molecule has 1 aliphatic rings. The molecule has 0 aromatic heterocycles. The maximum absolute atomic E-state index is 12.5. The molecular weight excluding hydrogens is 348 g/mol. The number of piperidine rings is 1. The smallest absolute Gasteiger partial charge is 0.224 e. The van der Waals surface area contributed by atoms with Crippen LogP contribution in [0, 0.1) is 12.8 Å². The molecule has 28 heavy (non-hydrogen) atoms. The SMILES string of the molecule is COc1ccc(CC(=O)NCC(c2ccc(C)cc2)N2CCC(C)CC2)cc1. The molecule has 1 amide bonds. The molecule has 1 fully saturated rings. The van der Waals surface area contributed by atoms with Crippen LogP contribution >= 0.6 is 0 Å². The molecule has 1 saturated heterocycles. The van der Waals surface area contributed by atoms with E-state index in [9.17, 15) is 4.79 Å². The van der Waals surface area contributed by atoms with Crippen molar-refractivity contribution in [3.8, 4) is 5.75 Å². The second-order valence-electron chi connectivity index (χ2n) is 7.97. The molecule has 0 aliphatic carbocycles. The van der Waals surface area contributed by atoms with E-state index >= 15 is 0 Å². The van der Waals surface area contributed by atoms with E-state index in [0.717, 1.165) is 30.3 Å². The van der Waals surface area contributed by atoms with Crippen LogP contribution < -0.4 is 10.1 Å². The van der Waals surface area contributed by atoms with E-state index in [4.69, 9.17) is 4.74 Å². The largest absolute Gasteiger partial charge is 0.497 e. The zero-order valence-corrected chi connectivity index (χ0v) is 17.3. The topological polar surface area (TPSA) is 41.6 Å². The lowest BCUT2D eigenvalue weighted by Gasteiger charge is -2.37. The summed E-state index contributed by atoms with van der Waals surface area (Å²) >= 11 is 0. The fraction of sp³-hybridized carbons (Fsp3) is 0.458. The third kappa shape index (κ3) is 5.59. The van der Waals surface area contributed by atoms with Gasteiger partial charge in [0, 0.05) is 6.54 Å². The number of carbonyl (C=O) groups is 1. The lowest BCUT2D eigenvalue weighted by atomic mass is 9.95. The van der Waals surface area contributed by atoms with E-state index in [2.05, 4.69) is 48.3 Å². The molecule has 1 aliphatic heterocycles. The van der Waals surface area contributed by atoms with E-state index in [0.29, 0.717) is 13.0 Å².